The summed E-state index contributed by atoms with van der Waals surface area (Å²) >= 11 is 0. The van der Waals surface area contributed by atoms with Gasteiger partial charge < -0.3 is 10.0 Å². The summed E-state index contributed by atoms with van der Waals surface area (Å²) in [6.45, 7) is 4.78. The van der Waals surface area contributed by atoms with Crippen molar-refractivity contribution in [2.24, 2.45) is 17.0 Å². The molecule has 1 saturated heterocycles. The van der Waals surface area contributed by atoms with Crippen LogP contribution in [0.5, 0.6) is 0 Å². The molecule has 166 valence electrons. The Bertz CT molecular complexity index is 775. The highest BCUT2D eigenvalue weighted by Crippen LogP contribution is 2.43. The molecule has 0 aromatic heterocycles. The van der Waals surface area contributed by atoms with Crippen molar-refractivity contribution in [3.63, 3.8) is 0 Å². The van der Waals surface area contributed by atoms with Crippen molar-refractivity contribution in [3.05, 3.63) is 0 Å². The second-order valence-corrected chi connectivity index (χ2v) is 10.9. The van der Waals surface area contributed by atoms with Crippen LogP contribution in [0.15, 0.2) is 0 Å². The number of imide groups is 1. The minimum absolute atomic E-state index is 0.0139. The van der Waals surface area contributed by atoms with Crippen molar-refractivity contribution in [1.82, 2.24) is 9.80 Å². The molecule has 0 aromatic rings. The standard InChI is InChI=1S/C19H33N3O6S/c1-18(2)16(25)22(17(26)21(18)4)12-8-11-14(15(23)24)19(3,29(20,27)28)13-9-6-5-7-10-13/h13-14H,5-12H2,1-4H3,(H,23,24)(H2,20,27,28). The maximum Gasteiger partial charge on any atom is 0.327 e. The predicted molar refractivity (Wildman–Crippen MR) is 107 cm³/mol. The number of hydrogen-bond donors (Lipinski definition) is 2. The van der Waals surface area contributed by atoms with E-state index in [0.29, 0.717) is 12.8 Å². The lowest BCUT2D eigenvalue weighted by atomic mass is 9.73. The molecule has 2 aliphatic rings. The monoisotopic (exact) mass is 431 g/mol. The molecule has 1 aliphatic carbocycles. The van der Waals surface area contributed by atoms with Crippen molar-refractivity contribution in [2.75, 3.05) is 13.6 Å². The highest BCUT2D eigenvalue weighted by atomic mass is 32.2. The van der Waals surface area contributed by atoms with Gasteiger partial charge in [-0.15, -0.1) is 0 Å². The minimum Gasteiger partial charge on any atom is -0.481 e. The lowest BCUT2D eigenvalue weighted by molar-refractivity contribution is -0.144. The fourth-order valence-corrected chi connectivity index (χ4v) is 5.99. The molecule has 2 unspecified atom stereocenters. The number of rotatable bonds is 8. The van der Waals surface area contributed by atoms with Gasteiger partial charge >= 0.3 is 12.0 Å². The topological polar surface area (TPSA) is 138 Å². The molecule has 1 saturated carbocycles. The van der Waals surface area contributed by atoms with Crippen LogP contribution in [0.2, 0.25) is 0 Å². The molecule has 10 heteroatoms. The molecule has 9 nitrogen and oxygen atoms in total. The van der Waals surface area contributed by atoms with Gasteiger partial charge in [0.15, 0.2) is 0 Å². The first-order chi connectivity index (χ1) is 13.3. The summed E-state index contributed by atoms with van der Waals surface area (Å²) < 4.78 is 23.5. The Morgan fingerprint density at radius 2 is 1.83 bits per heavy atom. The summed E-state index contributed by atoms with van der Waals surface area (Å²) in [6, 6.07) is -0.437. The van der Waals surface area contributed by atoms with E-state index in [4.69, 9.17) is 5.14 Å². The molecule has 0 spiro atoms. The molecule has 3 amide bonds. The van der Waals surface area contributed by atoms with Gasteiger partial charge in [0.05, 0.1) is 10.7 Å². The van der Waals surface area contributed by atoms with E-state index in [-0.39, 0.29) is 31.2 Å². The number of urea groups is 1. The Morgan fingerprint density at radius 1 is 1.28 bits per heavy atom. The SMILES string of the molecule is CN1C(=O)N(CCCC(C(=O)O)C(C)(C2CCCCC2)S(N)(=O)=O)C(=O)C1(C)C. The molecule has 2 fully saturated rings. The number of nitrogens with zero attached hydrogens (tertiary/aromatic N) is 2. The zero-order valence-electron chi connectivity index (χ0n) is 17.7. The first-order valence-electron chi connectivity index (χ1n) is 10.1. The highest BCUT2D eigenvalue weighted by Gasteiger charge is 2.53. The van der Waals surface area contributed by atoms with E-state index in [2.05, 4.69) is 0 Å². The second kappa shape index (κ2) is 8.22. The van der Waals surface area contributed by atoms with Crippen molar-refractivity contribution < 1.29 is 27.9 Å². The van der Waals surface area contributed by atoms with E-state index in [1.807, 2.05) is 0 Å². The van der Waals surface area contributed by atoms with Gasteiger partial charge in [0.25, 0.3) is 5.91 Å². The van der Waals surface area contributed by atoms with Crippen LogP contribution in [-0.2, 0) is 19.6 Å². The number of likely N-dealkylation sites (N-methyl/N-ethyl adjacent to an activating group) is 1. The van der Waals surface area contributed by atoms with Crippen LogP contribution in [0.3, 0.4) is 0 Å². The lowest BCUT2D eigenvalue weighted by Gasteiger charge is -2.41. The van der Waals surface area contributed by atoms with Crippen LogP contribution in [0.25, 0.3) is 0 Å². The molecule has 2 rings (SSSR count). The van der Waals surface area contributed by atoms with Crippen LogP contribution >= 0.6 is 0 Å². The number of carbonyl (C=O) groups is 3. The van der Waals surface area contributed by atoms with E-state index in [1.165, 1.54) is 11.8 Å². The van der Waals surface area contributed by atoms with E-state index in [1.54, 1.807) is 20.9 Å². The maximum absolute atomic E-state index is 12.5. The molecule has 0 aromatic carbocycles. The van der Waals surface area contributed by atoms with Gasteiger partial charge in [0.2, 0.25) is 10.0 Å². The third-order valence-electron chi connectivity index (χ3n) is 7.02. The van der Waals surface area contributed by atoms with Crippen molar-refractivity contribution in [1.29, 1.82) is 0 Å². The van der Waals surface area contributed by atoms with Crippen LogP contribution in [0.1, 0.15) is 65.7 Å². The Hall–Kier alpha value is -1.68. The number of primary sulfonamides is 1. The highest BCUT2D eigenvalue weighted by molar-refractivity contribution is 7.90. The molecule has 0 bridgehead atoms. The number of carbonyl (C=O) groups excluding carboxylic acids is 2. The fourth-order valence-electron chi connectivity index (χ4n) is 4.68. The first kappa shape index (κ1) is 23.6. The quantitative estimate of drug-likeness (QED) is 0.562. The van der Waals surface area contributed by atoms with Gasteiger partial charge in [-0.2, -0.15) is 0 Å². The molecular weight excluding hydrogens is 398 g/mol. The van der Waals surface area contributed by atoms with E-state index < -0.39 is 38.2 Å². The number of aliphatic carboxylic acids is 1. The average Bonchev–Trinajstić information content (AvgIpc) is 2.78. The normalized spacial score (nSPS) is 23.9. The van der Waals surface area contributed by atoms with Gasteiger partial charge in [-0.1, -0.05) is 19.3 Å². The Morgan fingerprint density at radius 3 is 2.24 bits per heavy atom. The van der Waals surface area contributed by atoms with Gasteiger partial charge in [-0.3, -0.25) is 14.5 Å². The lowest BCUT2D eigenvalue weighted by Crippen LogP contribution is -2.55. The minimum atomic E-state index is -4.14. The number of carboxylic acid groups (broad SMARTS) is 1. The van der Waals surface area contributed by atoms with Crippen molar-refractivity contribution in [2.45, 2.75) is 76.0 Å². The summed E-state index contributed by atoms with van der Waals surface area (Å²) in [6.07, 6.45) is 4.14. The number of hydrogen-bond acceptors (Lipinski definition) is 5. The number of sulfonamides is 1. The smallest absolute Gasteiger partial charge is 0.327 e. The Kier molecular flexibility index (Phi) is 6.69. The molecule has 1 aliphatic heterocycles. The van der Waals surface area contributed by atoms with Gasteiger partial charge in [-0.05, 0) is 52.4 Å². The van der Waals surface area contributed by atoms with E-state index in [0.717, 1.165) is 24.2 Å². The summed E-state index contributed by atoms with van der Waals surface area (Å²) in [7, 11) is -2.60. The van der Waals surface area contributed by atoms with Crippen molar-refractivity contribution >= 4 is 27.9 Å². The zero-order chi connectivity index (χ0) is 22.2. The van der Waals surface area contributed by atoms with Gasteiger partial charge in [0.1, 0.15) is 5.54 Å². The van der Waals surface area contributed by atoms with E-state index >= 15 is 0 Å². The number of amides is 3. The summed E-state index contributed by atoms with van der Waals surface area (Å²) in [5, 5.41) is 15.4. The Labute approximate surface area is 172 Å². The molecular formula is C19H33N3O6S. The third kappa shape index (κ3) is 4.14. The molecule has 2 atom stereocenters. The number of carboxylic acids is 1. The summed E-state index contributed by atoms with van der Waals surface area (Å²) in [5.74, 6) is -3.10. The van der Waals surface area contributed by atoms with Crippen LogP contribution in [0.4, 0.5) is 4.79 Å². The first-order valence-corrected chi connectivity index (χ1v) is 11.7. The fraction of sp³-hybridized carbons (Fsp3) is 0.842. The third-order valence-corrected chi connectivity index (χ3v) is 8.86. The average molecular weight is 432 g/mol. The van der Waals surface area contributed by atoms with Crippen LogP contribution in [-0.4, -0.2) is 65.1 Å². The molecule has 0 radical (unpaired) electrons. The Balaban J connectivity index is 2.19. The molecule has 3 N–H and O–H groups in total. The summed E-state index contributed by atoms with van der Waals surface area (Å²) in [5.41, 5.74) is -0.958. The van der Waals surface area contributed by atoms with E-state index in [9.17, 15) is 27.9 Å². The van der Waals surface area contributed by atoms with Crippen molar-refractivity contribution in [3.8, 4) is 0 Å². The van der Waals surface area contributed by atoms with Crippen LogP contribution < -0.4 is 5.14 Å². The van der Waals surface area contributed by atoms with Gasteiger partial charge in [-0.25, -0.2) is 18.4 Å². The summed E-state index contributed by atoms with van der Waals surface area (Å²) in [4.78, 5) is 39.4. The van der Waals surface area contributed by atoms with Crippen LogP contribution in [0, 0.1) is 11.8 Å². The van der Waals surface area contributed by atoms with Gasteiger partial charge in [0, 0.05) is 13.6 Å². The molecule has 1 heterocycles. The predicted octanol–water partition coefficient (Wildman–Crippen LogP) is 1.77. The second-order valence-electron chi connectivity index (χ2n) is 8.95. The largest absolute Gasteiger partial charge is 0.481 e. The maximum atomic E-state index is 12.5. The zero-order valence-corrected chi connectivity index (χ0v) is 18.5. The molecule has 29 heavy (non-hydrogen) atoms. The number of nitrogens with two attached hydrogens (primary N) is 1.